The van der Waals surface area contributed by atoms with Crippen molar-refractivity contribution in [1.82, 2.24) is 4.31 Å². The minimum Gasteiger partial charge on any atom is -0.467 e. The molecule has 4 atom stereocenters. The highest BCUT2D eigenvalue weighted by atomic mass is 32.2. The molecule has 0 saturated carbocycles. The Morgan fingerprint density at radius 3 is 2.75 bits per heavy atom. The highest BCUT2D eigenvalue weighted by Gasteiger charge is 2.51. The monoisotopic (exact) mass is 409 g/mol. The summed E-state index contributed by atoms with van der Waals surface area (Å²) in [6, 6.07) is 4.12. The Labute approximate surface area is 161 Å². The predicted octanol–water partition coefficient (Wildman–Crippen LogP) is 1.34. The van der Waals surface area contributed by atoms with E-state index in [2.05, 4.69) is 0 Å². The highest BCUT2D eigenvalue weighted by molar-refractivity contribution is 7.89. The molecule has 10 nitrogen and oxygen atoms in total. The van der Waals surface area contributed by atoms with E-state index >= 15 is 0 Å². The van der Waals surface area contributed by atoms with Gasteiger partial charge in [-0.05, 0) is 25.8 Å². The number of benzene rings is 1. The number of piperidine rings is 1. The summed E-state index contributed by atoms with van der Waals surface area (Å²) in [6.07, 6.45) is -0.170. The number of hydrogen-bond acceptors (Lipinski definition) is 8. The van der Waals surface area contributed by atoms with Crippen molar-refractivity contribution in [2.45, 2.75) is 55.4 Å². The predicted molar refractivity (Wildman–Crippen MR) is 94.6 cm³/mol. The zero-order chi connectivity index (χ0) is 20.6. The van der Waals surface area contributed by atoms with Crippen molar-refractivity contribution in [3.8, 4) is 6.07 Å². The molecule has 0 bridgehead atoms. The average Bonchev–Trinajstić information content (AvgIpc) is 3.10. The fourth-order valence-electron chi connectivity index (χ4n) is 3.93. The number of rotatable bonds is 4. The molecule has 11 heteroatoms. The van der Waals surface area contributed by atoms with E-state index in [9.17, 15) is 28.6 Å². The summed E-state index contributed by atoms with van der Waals surface area (Å²) < 4.78 is 38.5. The van der Waals surface area contributed by atoms with Gasteiger partial charge < -0.3 is 9.47 Å². The second-order valence-corrected chi connectivity index (χ2v) is 8.58. The molecule has 0 spiro atoms. The third kappa shape index (κ3) is 3.23. The summed E-state index contributed by atoms with van der Waals surface area (Å²) in [5.41, 5.74) is -1.08. The Kier molecular flexibility index (Phi) is 5.38. The number of ether oxygens (including phenoxy) is 2. The molecule has 2 fully saturated rings. The number of carbonyl (C=O) groups is 1. The lowest BCUT2D eigenvalue weighted by Gasteiger charge is -2.40. The van der Waals surface area contributed by atoms with Crippen LogP contribution in [0.15, 0.2) is 23.1 Å². The number of sulfonamides is 1. The molecule has 2 aliphatic rings. The molecule has 2 aliphatic heterocycles. The maximum atomic E-state index is 13.4. The Morgan fingerprint density at radius 2 is 2.14 bits per heavy atom. The number of hydrogen-bond donors (Lipinski definition) is 0. The van der Waals surface area contributed by atoms with Crippen LogP contribution >= 0.6 is 0 Å². The van der Waals surface area contributed by atoms with Crippen LogP contribution in [0, 0.1) is 21.4 Å². The van der Waals surface area contributed by atoms with Crippen molar-refractivity contribution < 1.29 is 27.6 Å². The number of nitro groups is 1. The van der Waals surface area contributed by atoms with Gasteiger partial charge in [0.15, 0.2) is 6.10 Å². The smallest absolute Gasteiger partial charge is 0.335 e. The molecule has 0 amide bonds. The molecular weight excluding hydrogens is 390 g/mol. The maximum absolute atomic E-state index is 13.4. The zero-order valence-electron chi connectivity index (χ0n) is 15.3. The largest absolute Gasteiger partial charge is 0.467 e. The van der Waals surface area contributed by atoms with Crippen molar-refractivity contribution in [3.63, 3.8) is 0 Å². The van der Waals surface area contributed by atoms with Gasteiger partial charge in [0, 0.05) is 18.5 Å². The fraction of sp³-hybridized carbons (Fsp3) is 0.529. The van der Waals surface area contributed by atoms with Crippen LogP contribution < -0.4 is 0 Å². The van der Waals surface area contributed by atoms with Crippen LogP contribution in [0.1, 0.15) is 31.7 Å². The normalized spacial score (nSPS) is 27.6. The molecule has 0 aromatic heterocycles. The lowest BCUT2D eigenvalue weighted by molar-refractivity contribution is -0.385. The van der Waals surface area contributed by atoms with Crippen molar-refractivity contribution in [3.05, 3.63) is 33.9 Å². The number of nitriles is 1. The van der Waals surface area contributed by atoms with Gasteiger partial charge in [-0.25, -0.2) is 13.2 Å². The zero-order valence-corrected chi connectivity index (χ0v) is 16.1. The van der Waals surface area contributed by atoms with E-state index in [1.165, 1.54) is 23.5 Å². The van der Waals surface area contributed by atoms with Gasteiger partial charge in [0.2, 0.25) is 10.0 Å². The first-order valence-corrected chi connectivity index (χ1v) is 10.1. The average molecular weight is 409 g/mol. The molecule has 0 radical (unpaired) electrons. The van der Waals surface area contributed by atoms with E-state index in [4.69, 9.17) is 9.47 Å². The first-order chi connectivity index (χ1) is 13.2. The summed E-state index contributed by atoms with van der Waals surface area (Å²) in [4.78, 5) is 21.9. The quantitative estimate of drug-likeness (QED) is 0.412. The highest BCUT2D eigenvalue weighted by Crippen LogP contribution is 2.40. The molecule has 0 N–H and O–H groups in total. The molecule has 2 heterocycles. The number of esters is 1. The third-order valence-electron chi connectivity index (χ3n) is 5.19. The molecule has 3 rings (SSSR count). The SMILES string of the molecule is COC(=O)[C@@H]1C[C@@H]2[C@@H](CC[C@@H](C)N2S(=O)(=O)c2cccc([N+](=O)[O-])c2C#N)O1. The van der Waals surface area contributed by atoms with Gasteiger partial charge in [0.25, 0.3) is 5.69 Å². The summed E-state index contributed by atoms with van der Waals surface area (Å²) >= 11 is 0. The molecule has 1 aromatic carbocycles. The van der Waals surface area contributed by atoms with Gasteiger partial charge in [0.05, 0.1) is 24.2 Å². The van der Waals surface area contributed by atoms with E-state index in [0.717, 1.165) is 6.07 Å². The molecule has 0 unspecified atom stereocenters. The number of fused-ring (bicyclic) bond motifs is 1. The van der Waals surface area contributed by atoms with E-state index < -0.39 is 61.4 Å². The molecule has 150 valence electrons. The van der Waals surface area contributed by atoms with E-state index in [1.807, 2.05) is 0 Å². The summed E-state index contributed by atoms with van der Waals surface area (Å²) in [7, 11) is -3.02. The van der Waals surface area contributed by atoms with Crippen LogP contribution in [-0.4, -0.2) is 55.0 Å². The van der Waals surface area contributed by atoms with Gasteiger partial charge in [-0.2, -0.15) is 9.57 Å². The van der Waals surface area contributed by atoms with Crippen molar-refractivity contribution in [1.29, 1.82) is 5.26 Å². The molecule has 0 aliphatic carbocycles. The van der Waals surface area contributed by atoms with Crippen molar-refractivity contribution >= 4 is 21.7 Å². The van der Waals surface area contributed by atoms with E-state index in [1.54, 1.807) is 13.0 Å². The Hall–Kier alpha value is -2.55. The van der Waals surface area contributed by atoms with Gasteiger partial charge in [-0.15, -0.1) is 0 Å². The summed E-state index contributed by atoms with van der Waals surface area (Å²) in [6.45, 7) is 1.72. The Bertz CT molecular complexity index is 956. The van der Waals surface area contributed by atoms with Crippen LogP contribution in [0.2, 0.25) is 0 Å². The van der Waals surface area contributed by atoms with Crippen molar-refractivity contribution in [2.24, 2.45) is 0 Å². The molecule has 1 aromatic rings. The minimum atomic E-state index is -4.25. The lowest BCUT2D eigenvalue weighted by Crippen LogP contribution is -2.53. The van der Waals surface area contributed by atoms with E-state index in [0.29, 0.717) is 12.8 Å². The van der Waals surface area contributed by atoms with Crippen LogP contribution in [0.4, 0.5) is 5.69 Å². The van der Waals surface area contributed by atoms with Crippen LogP contribution in [0.3, 0.4) is 0 Å². The number of methoxy groups -OCH3 is 1. The van der Waals surface area contributed by atoms with Gasteiger partial charge in [-0.1, -0.05) is 6.07 Å². The number of nitro benzene ring substituents is 1. The minimum absolute atomic E-state index is 0.123. The van der Waals surface area contributed by atoms with E-state index in [-0.39, 0.29) is 6.42 Å². The molecular formula is C17H19N3O7S. The van der Waals surface area contributed by atoms with Gasteiger partial charge in [0.1, 0.15) is 16.5 Å². The summed E-state index contributed by atoms with van der Waals surface area (Å²) in [5.74, 6) is -0.576. The summed E-state index contributed by atoms with van der Waals surface area (Å²) in [5, 5.41) is 20.6. The van der Waals surface area contributed by atoms with Gasteiger partial charge >= 0.3 is 5.97 Å². The Morgan fingerprint density at radius 1 is 1.43 bits per heavy atom. The Balaban J connectivity index is 2.06. The van der Waals surface area contributed by atoms with Gasteiger partial charge in [-0.3, -0.25) is 10.1 Å². The third-order valence-corrected chi connectivity index (χ3v) is 7.27. The first kappa shape index (κ1) is 20.2. The van der Waals surface area contributed by atoms with Crippen LogP contribution in [0.5, 0.6) is 0 Å². The second kappa shape index (κ2) is 7.46. The number of nitrogens with zero attached hydrogens (tertiary/aromatic N) is 3. The molecule has 28 heavy (non-hydrogen) atoms. The van der Waals surface area contributed by atoms with Crippen molar-refractivity contribution in [2.75, 3.05) is 7.11 Å². The second-order valence-electron chi connectivity index (χ2n) is 6.77. The topological polar surface area (TPSA) is 140 Å². The maximum Gasteiger partial charge on any atom is 0.335 e. The molecule has 2 saturated heterocycles. The lowest BCUT2D eigenvalue weighted by atomic mass is 9.95. The van der Waals surface area contributed by atoms with Crippen LogP contribution in [0.25, 0.3) is 0 Å². The first-order valence-electron chi connectivity index (χ1n) is 8.66. The standard InChI is InChI=1S/C17H19N3O7S/c1-10-6-7-14-13(8-15(27-14)17(21)26-2)19(10)28(24,25)16-5-3-4-12(20(22)23)11(16)9-18/h3-5,10,13-15H,6-8H2,1-2H3/t10-,13-,14-,15+/m1/s1. The number of carbonyl (C=O) groups excluding carboxylic acids is 1. The van der Waals surface area contributed by atoms with Crippen LogP contribution in [-0.2, 0) is 24.3 Å². The fourth-order valence-corrected chi connectivity index (χ4v) is 5.97.